The predicted octanol–water partition coefficient (Wildman–Crippen LogP) is 1.65. The van der Waals surface area contributed by atoms with Crippen LogP contribution in [0.3, 0.4) is 0 Å². The van der Waals surface area contributed by atoms with Gasteiger partial charge in [0.25, 0.3) is 0 Å². The fourth-order valence-electron chi connectivity index (χ4n) is 0.509. The van der Waals surface area contributed by atoms with Crippen molar-refractivity contribution in [2.24, 2.45) is 0 Å². The van der Waals surface area contributed by atoms with Gasteiger partial charge in [0.05, 0.1) is 0 Å². The molecule has 66 valence electrons. The average Bonchev–Trinajstić information content (AvgIpc) is 2.00. The van der Waals surface area contributed by atoms with Gasteiger partial charge in [-0.25, -0.2) is 0 Å². The molecule has 0 aromatic rings. The smallest absolute Gasteiger partial charge is 0.219 e. The molecule has 2 nitrogen and oxygen atoms in total. The maximum Gasteiger partial charge on any atom is 0.219 e. The van der Waals surface area contributed by atoms with E-state index >= 15 is 0 Å². The highest BCUT2D eigenvalue weighted by Gasteiger charge is 2.15. The summed E-state index contributed by atoms with van der Waals surface area (Å²) in [4.78, 5) is 10.9. The zero-order chi connectivity index (χ0) is 8.91. The van der Waals surface area contributed by atoms with E-state index < -0.39 is 0 Å². The molecule has 0 aromatic heterocycles. The van der Waals surface area contributed by atoms with Crippen LogP contribution < -0.4 is 5.32 Å². The first-order valence-corrected chi connectivity index (χ1v) is 5.06. The van der Waals surface area contributed by atoms with E-state index in [0.717, 1.165) is 6.54 Å². The summed E-state index contributed by atoms with van der Waals surface area (Å²) in [5, 5.41) is 2.86. The van der Waals surface area contributed by atoms with E-state index in [0.29, 0.717) is 6.42 Å². The lowest BCUT2D eigenvalue weighted by molar-refractivity contribution is -0.120. The van der Waals surface area contributed by atoms with E-state index in [-0.39, 0.29) is 10.7 Å². The van der Waals surface area contributed by atoms with Gasteiger partial charge in [-0.15, -0.1) is 0 Å². The first-order valence-electron chi connectivity index (χ1n) is 3.83. The number of nitrogens with one attached hydrogen (secondary N) is 1. The van der Waals surface area contributed by atoms with E-state index in [2.05, 4.69) is 25.4 Å². The number of carbonyl (C=O) groups excluding carboxylic acids is 1. The third-order valence-corrected chi connectivity index (χ3v) is 2.83. The molecule has 0 rings (SSSR count). The molecule has 0 aliphatic carbocycles. The highest BCUT2D eigenvalue weighted by molar-refractivity contribution is 7.99. The first kappa shape index (κ1) is 10.8. The Hall–Kier alpha value is -0.180. The summed E-state index contributed by atoms with van der Waals surface area (Å²) in [5.41, 5.74) is 0. The molecule has 3 heteroatoms. The van der Waals surface area contributed by atoms with Gasteiger partial charge in [-0.3, -0.25) is 4.79 Å². The lowest BCUT2D eigenvalue weighted by Crippen LogP contribution is -2.35. The molecule has 0 saturated heterocycles. The summed E-state index contributed by atoms with van der Waals surface area (Å²) in [6.07, 6.45) is 2.63. The second-order valence-corrected chi connectivity index (χ2v) is 4.61. The standard InChI is InChI=1S/C8H17NOS/c1-5-7(10)9-6-8(2,3)11-4/h5-6H2,1-4H3,(H,9,10). The second kappa shape index (κ2) is 4.65. The van der Waals surface area contributed by atoms with Crippen LogP contribution in [0.15, 0.2) is 0 Å². The fourth-order valence-corrected chi connectivity index (χ4v) is 0.725. The van der Waals surface area contributed by atoms with Crippen molar-refractivity contribution in [1.82, 2.24) is 5.32 Å². The van der Waals surface area contributed by atoms with Crippen LogP contribution in [0.25, 0.3) is 0 Å². The number of hydrogen-bond donors (Lipinski definition) is 1. The van der Waals surface area contributed by atoms with Gasteiger partial charge in [-0.2, -0.15) is 11.8 Å². The Morgan fingerprint density at radius 1 is 1.55 bits per heavy atom. The Balaban J connectivity index is 3.61. The van der Waals surface area contributed by atoms with Crippen molar-refractivity contribution in [3.63, 3.8) is 0 Å². The summed E-state index contributed by atoms with van der Waals surface area (Å²) < 4.78 is 0.158. The Kier molecular flexibility index (Phi) is 4.57. The second-order valence-electron chi connectivity index (χ2n) is 3.09. The van der Waals surface area contributed by atoms with Gasteiger partial charge < -0.3 is 5.32 Å². The molecule has 0 aliphatic rings. The van der Waals surface area contributed by atoms with Crippen LogP contribution >= 0.6 is 11.8 Å². The van der Waals surface area contributed by atoms with Crippen LogP contribution in [0.4, 0.5) is 0 Å². The van der Waals surface area contributed by atoms with Gasteiger partial charge in [0.2, 0.25) is 5.91 Å². The van der Waals surface area contributed by atoms with Crippen LogP contribution in [0.5, 0.6) is 0 Å². The zero-order valence-corrected chi connectivity index (χ0v) is 8.55. The summed E-state index contributed by atoms with van der Waals surface area (Å²) in [6.45, 7) is 6.85. The molecule has 0 aliphatic heterocycles. The van der Waals surface area contributed by atoms with Crippen LogP contribution in [0.2, 0.25) is 0 Å². The van der Waals surface area contributed by atoms with Gasteiger partial charge in [-0.1, -0.05) is 6.92 Å². The number of carbonyl (C=O) groups is 1. The van der Waals surface area contributed by atoms with E-state index in [1.165, 1.54) is 0 Å². The van der Waals surface area contributed by atoms with Crippen molar-refractivity contribution in [1.29, 1.82) is 0 Å². The molecule has 0 aromatic carbocycles. The lowest BCUT2D eigenvalue weighted by Gasteiger charge is -2.21. The van der Waals surface area contributed by atoms with Crippen molar-refractivity contribution in [3.05, 3.63) is 0 Å². The Bertz CT molecular complexity index is 134. The van der Waals surface area contributed by atoms with E-state index in [1.807, 2.05) is 6.92 Å². The average molecular weight is 175 g/mol. The summed E-state index contributed by atoms with van der Waals surface area (Å²) in [7, 11) is 0. The summed E-state index contributed by atoms with van der Waals surface area (Å²) >= 11 is 1.76. The molecular formula is C8H17NOS. The molecule has 1 N–H and O–H groups in total. The summed E-state index contributed by atoms with van der Waals surface area (Å²) in [5.74, 6) is 0.132. The van der Waals surface area contributed by atoms with Crippen molar-refractivity contribution in [3.8, 4) is 0 Å². The number of rotatable bonds is 4. The highest BCUT2D eigenvalue weighted by atomic mass is 32.2. The molecule has 0 unspecified atom stereocenters. The van der Waals surface area contributed by atoms with Crippen molar-refractivity contribution < 1.29 is 4.79 Å². The highest BCUT2D eigenvalue weighted by Crippen LogP contribution is 2.19. The maximum absolute atomic E-state index is 10.9. The predicted molar refractivity (Wildman–Crippen MR) is 50.9 cm³/mol. The van der Waals surface area contributed by atoms with Crippen molar-refractivity contribution in [2.45, 2.75) is 31.9 Å². The van der Waals surface area contributed by atoms with Gasteiger partial charge in [0.15, 0.2) is 0 Å². The largest absolute Gasteiger partial charge is 0.355 e. The van der Waals surface area contributed by atoms with Crippen LogP contribution in [0.1, 0.15) is 27.2 Å². The van der Waals surface area contributed by atoms with Crippen LogP contribution in [-0.2, 0) is 4.79 Å². The molecule has 0 spiro atoms. The third-order valence-electron chi connectivity index (χ3n) is 1.58. The zero-order valence-electron chi connectivity index (χ0n) is 7.73. The molecule has 1 amide bonds. The van der Waals surface area contributed by atoms with Crippen molar-refractivity contribution >= 4 is 17.7 Å². The topological polar surface area (TPSA) is 29.1 Å². The van der Waals surface area contributed by atoms with Crippen LogP contribution in [-0.4, -0.2) is 23.5 Å². The number of hydrogen-bond acceptors (Lipinski definition) is 2. The fraction of sp³-hybridized carbons (Fsp3) is 0.875. The summed E-state index contributed by atoms with van der Waals surface area (Å²) in [6, 6.07) is 0. The SMILES string of the molecule is CCC(=O)NCC(C)(C)SC. The monoisotopic (exact) mass is 175 g/mol. The molecule has 0 heterocycles. The van der Waals surface area contributed by atoms with E-state index in [1.54, 1.807) is 11.8 Å². The molecule has 11 heavy (non-hydrogen) atoms. The van der Waals surface area contributed by atoms with E-state index in [4.69, 9.17) is 0 Å². The molecule has 0 fully saturated rings. The molecule has 0 atom stereocenters. The van der Waals surface area contributed by atoms with Gasteiger partial charge in [-0.05, 0) is 20.1 Å². The Labute approximate surface area is 73.1 Å². The van der Waals surface area contributed by atoms with Crippen LogP contribution in [0, 0.1) is 0 Å². The quantitative estimate of drug-likeness (QED) is 0.704. The molecular weight excluding hydrogens is 158 g/mol. The van der Waals surface area contributed by atoms with Crippen molar-refractivity contribution in [2.75, 3.05) is 12.8 Å². The van der Waals surface area contributed by atoms with E-state index in [9.17, 15) is 4.79 Å². The number of amides is 1. The maximum atomic E-state index is 10.9. The normalized spacial score (nSPS) is 11.3. The van der Waals surface area contributed by atoms with Gasteiger partial charge >= 0.3 is 0 Å². The Morgan fingerprint density at radius 2 is 2.09 bits per heavy atom. The lowest BCUT2D eigenvalue weighted by atomic mass is 10.2. The van der Waals surface area contributed by atoms with Gasteiger partial charge in [0, 0.05) is 17.7 Å². The number of thioether (sulfide) groups is 1. The molecule has 0 radical (unpaired) electrons. The third kappa shape index (κ3) is 5.13. The molecule has 0 saturated carbocycles. The Morgan fingerprint density at radius 3 is 2.45 bits per heavy atom. The minimum Gasteiger partial charge on any atom is -0.355 e. The minimum atomic E-state index is 0.132. The minimum absolute atomic E-state index is 0.132. The molecule has 0 bridgehead atoms. The first-order chi connectivity index (χ1) is 5.02. The van der Waals surface area contributed by atoms with Gasteiger partial charge in [0.1, 0.15) is 0 Å².